The van der Waals surface area contributed by atoms with Crippen molar-refractivity contribution in [3.8, 4) is 0 Å². The summed E-state index contributed by atoms with van der Waals surface area (Å²) in [5.41, 5.74) is 0.652. The van der Waals surface area contributed by atoms with Crippen LogP contribution in [0, 0.1) is 0 Å². The van der Waals surface area contributed by atoms with E-state index in [9.17, 15) is 9.59 Å². The third kappa shape index (κ3) is 4.36. The van der Waals surface area contributed by atoms with Crippen LogP contribution >= 0.6 is 11.8 Å². The van der Waals surface area contributed by atoms with Crippen LogP contribution < -0.4 is 5.32 Å². The van der Waals surface area contributed by atoms with E-state index in [1.807, 2.05) is 24.5 Å². The molecule has 0 aromatic heterocycles. The first-order valence-electron chi connectivity index (χ1n) is 4.91. The second-order valence-electron chi connectivity index (χ2n) is 3.41. The SMILES string of the molecule is CSc1cccc(NC(=O)N(C)CC(=O)O)c1. The van der Waals surface area contributed by atoms with Crippen molar-refractivity contribution in [3.05, 3.63) is 24.3 Å². The minimum atomic E-state index is -1.04. The van der Waals surface area contributed by atoms with E-state index < -0.39 is 12.0 Å². The van der Waals surface area contributed by atoms with E-state index in [0.29, 0.717) is 5.69 Å². The lowest BCUT2D eigenvalue weighted by molar-refractivity contribution is -0.137. The molecule has 0 spiro atoms. The number of hydrogen-bond donors (Lipinski definition) is 2. The third-order valence-electron chi connectivity index (χ3n) is 2.04. The van der Waals surface area contributed by atoms with Crippen molar-refractivity contribution in [1.29, 1.82) is 0 Å². The van der Waals surface area contributed by atoms with E-state index in [1.165, 1.54) is 7.05 Å². The minimum absolute atomic E-state index is 0.325. The quantitative estimate of drug-likeness (QED) is 0.806. The van der Waals surface area contributed by atoms with Crippen molar-refractivity contribution in [2.24, 2.45) is 0 Å². The van der Waals surface area contributed by atoms with Crippen molar-refractivity contribution in [1.82, 2.24) is 4.90 Å². The maximum atomic E-state index is 11.6. The fraction of sp³-hybridized carbons (Fsp3) is 0.273. The number of aliphatic carboxylic acids is 1. The monoisotopic (exact) mass is 254 g/mol. The lowest BCUT2D eigenvalue weighted by Gasteiger charge is -2.15. The highest BCUT2D eigenvalue weighted by atomic mass is 32.2. The maximum Gasteiger partial charge on any atom is 0.323 e. The number of thioether (sulfide) groups is 1. The molecular weight excluding hydrogens is 240 g/mol. The van der Waals surface area contributed by atoms with Crippen LogP contribution in [0.2, 0.25) is 0 Å². The standard InChI is InChI=1S/C11H14N2O3S/c1-13(7-10(14)15)11(16)12-8-4-3-5-9(6-8)17-2/h3-6H,7H2,1-2H3,(H,12,16)(H,14,15). The molecule has 6 heteroatoms. The van der Waals surface area contributed by atoms with E-state index in [-0.39, 0.29) is 6.54 Å². The zero-order chi connectivity index (χ0) is 12.8. The number of carboxylic acids is 1. The van der Waals surface area contributed by atoms with Crippen LogP contribution in [0.3, 0.4) is 0 Å². The molecule has 0 aliphatic heterocycles. The van der Waals surface area contributed by atoms with Crippen LogP contribution in [-0.2, 0) is 4.79 Å². The fourth-order valence-corrected chi connectivity index (χ4v) is 1.65. The lowest BCUT2D eigenvalue weighted by Crippen LogP contribution is -2.35. The van der Waals surface area contributed by atoms with Gasteiger partial charge in [0.15, 0.2) is 0 Å². The fourth-order valence-electron chi connectivity index (χ4n) is 1.19. The van der Waals surface area contributed by atoms with Crippen LogP contribution in [0.1, 0.15) is 0 Å². The second kappa shape index (κ2) is 6.15. The zero-order valence-corrected chi connectivity index (χ0v) is 10.5. The highest BCUT2D eigenvalue weighted by Crippen LogP contribution is 2.19. The molecule has 0 saturated carbocycles. The normalized spacial score (nSPS) is 9.76. The minimum Gasteiger partial charge on any atom is -0.480 e. The summed E-state index contributed by atoms with van der Waals surface area (Å²) in [6.45, 7) is -0.325. The molecule has 0 heterocycles. The molecule has 0 saturated heterocycles. The lowest BCUT2D eigenvalue weighted by atomic mass is 10.3. The number of hydrogen-bond acceptors (Lipinski definition) is 3. The number of benzene rings is 1. The molecule has 0 aliphatic rings. The molecule has 0 unspecified atom stereocenters. The van der Waals surface area contributed by atoms with Crippen LogP contribution in [0.15, 0.2) is 29.2 Å². The smallest absolute Gasteiger partial charge is 0.323 e. The van der Waals surface area contributed by atoms with Gasteiger partial charge in [-0.3, -0.25) is 4.79 Å². The predicted octanol–water partition coefficient (Wildman–Crippen LogP) is 1.96. The van der Waals surface area contributed by atoms with Gasteiger partial charge in [0.1, 0.15) is 6.54 Å². The number of carbonyl (C=O) groups excluding carboxylic acids is 1. The van der Waals surface area contributed by atoms with Gasteiger partial charge in [0.05, 0.1) is 0 Å². The summed E-state index contributed by atoms with van der Waals surface area (Å²) in [7, 11) is 1.43. The van der Waals surface area contributed by atoms with Crippen molar-refractivity contribution >= 4 is 29.4 Å². The Morgan fingerprint density at radius 1 is 1.47 bits per heavy atom. The maximum absolute atomic E-state index is 11.6. The Morgan fingerprint density at radius 3 is 2.76 bits per heavy atom. The number of amides is 2. The van der Waals surface area contributed by atoms with Gasteiger partial charge >= 0.3 is 12.0 Å². The number of urea groups is 1. The molecule has 0 aliphatic carbocycles. The van der Waals surface area contributed by atoms with E-state index in [1.54, 1.807) is 17.8 Å². The first-order chi connectivity index (χ1) is 8.02. The van der Waals surface area contributed by atoms with Crippen molar-refractivity contribution in [2.45, 2.75) is 4.90 Å². The van der Waals surface area contributed by atoms with Gasteiger partial charge in [-0.15, -0.1) is 11.8 Å². The number of rotatable bonds is 4. The van der Waals surface area contributed by atoms with Crippen molar-refractivity contribution in [2.75, 3.05) is 25.2 Å². The van der Waals surface area contributed by atoms with E-state index in [4.69, 9.17) is 5.11 Å². The van der Waals surface area contributed by atoms with Gasteiger partial charge in [0.25, 0.3) is 0 Å². The average Bonchev–Trinajstić information content (AvgIpc) is 2.28. The second-order valence-corrected chi connectivity index (χ2v) is 4.29. The summed E-state index contributed by atoms with van der Waals surface area (Å²) in [5, 5.41) is 11.2. The molecule has 17 heavy (non-hydrogen) atoms. The Kier molecular flexibility index (Phi) is 4.84. The largest absolute Gasteiger partial charge is 0.480 e. The molecule has 5 nitrogen and oxygen atoms in total. The Balaban J connectivity index is 2.64. The molecule has 0 atom stereocenters. The first kappa shape index (κ1) is 13.4. The molecule has 1 aromatic carbocycles. The van der Waals surface area contributed by atoms with Gasteiger partial charge in [-0.25, -0.2) is 4.79 Å². The number of likely N-dealkylation sites (N-methyl/N-ethyl adjacent to an activating group) is 1. The Bertz CT molecular complexity index is 423. The number of carboxylic acid groups (broad SMARTS) is 1. The summed E-state index contributed by atoms with van der Waals surface area (Å²) in [5.74, 6) is -1.04. The Labute approximate surface area is 104 Å². The topological polar surface area (TPSA) is 69.6 Å². The van der Waals surface area contributed by atoms with Crippen LogP contribution in [0.5, 0.6) is 0 Å². The highest BCUT2D eigenvalue weighted by molar-refractivity contribution is 7.98. The van der Waals surface area contributed by atoms with Gasteiger partial charge in [-0.2, -0.15) is 0 Å². The Morgan fingerprint density at radius 2 is 2.18 bits per heavy atom. The molecule has 2 amide bonds. The number of anilines is 1. The molecule has 0 radical (unpaired) electrons. The summed E-state index contributed by atoms with van der Waals surface area (Å²) in [6, 6.07) is 6.91. The van der Waals surface area contributed by atoms with Gasteiger partial charge < -0.3 is 15.3 Å². The molecule has 1 aromatic rings. The molecule has 2 N–H and O–H groups in total. The summed E-state index contributed by atoms with van der Waals surface area (Å²) < 4.78 is 0. The van der Waals surface area contributed by atoms with E-state index >= 15 is 0 Å². The third-order valence-corrected chi connectivity index (χ3v) is 2.77. The van der Waals surface area contributed by atoms with Gasteiger partial charge in [-0.05, 0) is 24.5 Å². The van der Waals surface area contributed by atoms with Gasteiger partial charge in [-0.1, -0.05) is 6.07 Å². The van der Waals surface area contributed by atoms with Crippen molar-refractivity contribution in [3.63, 3.8) is 0 Å². The van der Waals surface area contributed by atoms with Crippen LogP contribution in [0.25, 0.3) is 0 Å². The first-order valence-corrected chi connectivity index (χ1v) is 6.13. The van der Waals surface area contributed by atoms with Gasteiger partial charge in [0, 0.05) is 17.6 Å². The Hall–Kier alpha value is -1.69. The summed E-state index contributed by atoms with van der Waals surface area (Å²) >= 11 is 1.57. The summed E-state index contributed by atoms with van der Waals surface area (Å²) in [6.07, 6.45) is 1.94. The molecule has 0 fully saturated rings. The van der Waals surface area contributed by atoms with Crippen LogP contribution in [-0.4, -0.2) is 41.9 Å². The predicted molar refractivity (Wildman–Crippen MR) is 67.5 cm³/mol. The van der Waals surface area contributed by atoms with Crippen molar-refractivity contribution < 1.29 is 14.7 Å². The number of nitrogens with zero attached hydrogens (tertiary/aromatic N) is 1. The molecule has 1 rings (SSSR count). The average molecular weight is 254 g/mol. The zero-order valence-electron chi connectivity index (χ0n) is 9.64. The molecule has 0 bridgehead atoms. The van der Waals surface area contributed by atoms with Gasteiger partial charge in [0.2, 0.25) is 0 Å². The van der Waals surface area contributed by atoms with E-state index in [2.05, 4.69) is 5.32 Å². The van der Waals surface area contributed by atoms with E-state index in [0.717, 1.165) is 9.80 Å². The highest BCUT2D eigenvalue weighted by Gasteiger charge is 2.11. The number of carbonyl (C=O) groups is 2. The molecule has 92 valence electrons. The summed E-state index contributed by atoms with van der Waals surface area (Å²) in [4.78, 5) is 24.2. The number of nitrogens with one attached hydrogen (secondary N) is 1. The molecular formula is C11H14N2O3S. The van der Waals surface area contributed by atoms with Crippen LogP contribution in [0.4, 0.5) is 10.5 Å².